The van der Waals surface area contributed by atoms with E-state index in [1.807, 2.05) is 24.4 Å². The van der Waals surface area contributed by atoms with E-state index >= 15 is 0 Å². The van der Waals surface area contributed by atoms with E-state index in [2.05, 4.69) is 49.1 Å². The molecule has 0 aliphatic carbocycles. The second-order valence-electron chi connectivity index (χ2n) is 5.38. The van der Waals surface area contributed by atoms with E-state index in [0.29, 0.717) is 5.95 Å². The fourth-order valence-corrected chi connectivity index (χ4v) is 2.81. The number of halogens is 1. The summed E-state index contributed by atoms with van der Waals surface area (Å²) in [6.45, 7) is 4.25. The Kier molecular flexibility index (Phi) is 4.39. The summed E-state index contributed by atoms with van der Waals surface area (Å²) >= 11 is 3.51. The Labute approximate surface area is 133 Å². The SMILES string of the molecule is Cc1cc(Nc2nccc(N3CCCCC3)n2)ccc1Br. The highest BCUT2D eigenvalue weighted by Crippen LogP contribution is 2.23. The Hall–Kier alpha value is -1.62. The van der Waals surface area contributed by atoms with Gasteiger partial charge in [0, 0.05) is 29.4 Å². The number of aryl methyl sites for hydroxylation is 1. The fraction of sp³-hybridized carbons (Fsp3) is 0.375. The van der Waals surface area contributed by atoms with E-state index < -0.39 is 0 Å². The third-order valence-corrected chi connectivity index (χ3v) is 4.62. The molecule has 1 aromatic carbocycles. The Morgan fingerprint density at radius 1 is 1.14 bits per heavy atom. The summed E-state index contributed by atoms with van der Waals surface area (Å²) in [6, 6.07) is 8.13. The molecule has 110 valence electrons. The maximum atomic E-state index is 4.64. The van der Waals surface area contributed by atoms with Crippen LogP contribution >= 0.6 is 15.9 Å². The summed E-state index contributed by atoms with van der Waals surface area (Å²) < 4.78 is 1.11. The highest BCUT2D eigenvalue weighted by Gasteiger charge is 2.12. The van der Waals surface area contributed by atoms with E-state index in [1.54, 1.807) is 0 Å². The van der Waals surface area contributed by atoms with Crippen LogP contribution in [0.4, 0.5) is 17.5 Å². The molecule has 2 heterocycles. The standard InChI is InChI=1S/C16H19BrN4/c1-12-11-13(5-6-14(12)17)19-16-18-8-7-15(20-16)21-9-3-2-4-10-21/h5-8,11H,2-4,9-10H2,1H3,(H,18,19,20). The highest BCUT2D eigenvalue weighted by molar-refractivity contribution is 9.10. The number of benzene rings is 1. The zero-order chi connectivity index (χ0) is 14.7. The van der Waals surface area contributed by atoms with Crippen molar-refractivity contribution in [3.8, 4) is 0 Å². The lowest BCUT2D eigenvalue weighted by Crippen LogP contribution is -2.30. The molecule has 0 bridgehead atoms. The number of piperidine rings is 1. The van der Waals surface area contributed by atoms with Crippen LogP contribution in [0.15, 0.2) is 34.9 Å². The van der Waals surface area contributed by atoms with Gasteiger partial charge in [-0.15, -0.1) is 0 Å². The van der Waals surface area contributed by atoms with E-state index in [1.165, 1.54) is 24.8 Å². The zero-order valence-electron chi connectivity index (χ0n) is 12.1. The molecule has 1 fully saturated rings. The minimum atomic E-state index is 0.653. The Morgan fingerprint density at radius 2 is 1.95 bits per heavy atom. The monoisotopic (exact) mass is 346 g/mol. The first-order valence-electron chi connectivity index (χ1n) is 7.33. The molecule has 0 atom stereocenters. The lowest BCUT2D eigenvalue weighted by molar-refractivity contribution is 0.573. The maximum absolute atomic E-state index is 4.64. The average Bonchev–Trinajstić information content (AvgIpc) is 2.52. The molecular formula is C16H19BrN4. The summed E-state index contributed by atoms with van der Waals surface area (Å²) in [5.74, 6) is 1.67. The van der Waals surface area contributed by atoms with Gasteiger partial charge in [0.1, 0.15) is 5.82 Å². The molecule has 1 aliphatic rings. The number of anilines is 3. The lowest BCUT2D eigenvalue weighted by Gasteiger charge is -2.27. The predicted molar refractivity (Wildman–Crippen MR) is 90.3 cm³/mol. The van der Waals surface area contributed by atoms with Crippen molar-refractivity contribution in [3.63, 3.8) is 0 Å². The number of hydrogen-bond donors (Lipinski definition) is 1. The third kappa shape index (κ3) is 3.53. The van der Waals surface area contributed by atoms with Crippen LogP contribution in [-0.4, -0.2) is 23.1 Å². The number of nitrogens with one attached hydrogen (secondary N) is 1. The third-order valence-electron chi connectivity index (χ3n) is 3.74. The van der Waals surface area contributed by atoms with Crippen molar-refractivity contribution in [2.75, 3.05) is 23.3 Å². The molecule has 0 saturated carbocycles. The van der Waals surface area contributed by atoms with Crippen LogP contribution in [-0.2, 0) is 0 Å². The minimum absolute atomic E-state index is 0.653. The molecule has 1 saturated heterocycles. The summed E-state index contributed by atoms with van der Waals surface area (Å²) in [7, 11) is 0. The lowest BCUT2D eigenvalue weighted by atomic mass is 10.1. The van der Waals surface area contributed by atoms with Crippen LogP contribution in [0.1, 0.15) is 24.8 Å². The normalized spacial score (nSPS) is 15.0. The molecule has 5 heteroatoms. The smallest absolute Gasteiger partial charge is 0.229 e. The van der Waals surface area contributed by atoms with Crippen LogP contribution in [0.5, 0.6) is 0 Å². The fourth-order valence-electron chi connectivity index (χ4n) is 2.56. The van der Waals surface area contributed by atoms with Crippen LogP contribution < -0.4 is 10.2 Å². The second-order valence-corrected chi connectivity index (χ2v) is 6.23. The van der Waals surface area contributed by atoms with Crippen molar-refractivity contribution in [1.82, 2.24) is 9.97 Å². The molecule has 2 aromatic rings. The van der Waals surface area contributed by atoms with Gasteiger partial charge in [0.25, 0.3) is 0 Å². The van der Waals surface area contributed by atoms with Crippen LogP contribution in [0.25, 0.3) is 0 Å². The maximum Gasteiger partial charge on any atom is 0.229 e. The molecule has 21 heavy (non-hydrogen) atoms. The Morgan fingerprint density at radius 3 is 2.71 bits per heavy atom. The number of nitrogens with zero attached hydrogens (tertiary/aromatic N) is 3. The molecular weight excluding hydrogens is 328 g/mol. The first kappa shape index (κ1) is 14.3. The van der Waals surface area contributed by atoms with Gasteiger partial charge in [-0.1, -0.05) is 15.9 Å². The van der Waals surface area contributed by atoms with E-state index in [0.717, 1.165) is 29.1 Å². The average molecular weight is 347 g/mol. The van der Waals surface area contributed by atoms with Gasteiger partial charge in [0.2, 0.25) is 5.95 Å². The molecule has 1 N–H and O–H groups in total. The van der Waals surface area contributed by atoms with Gasteiger partial charge < -0.3 is 10.2 Å². The van der Waals surface area contributed by atoms with Gasteiger partial charge in [-0.05, 0) is 56.0 Å². The molecule has 0 radical (unpaired) electrons. The van der Waals surface area contributed by atoms with Crippen molar-refractivity contribution in [2.45, 2.75) is 26.2 Å². The summed E-state index contributed by atoms with van der Waals surface area (Å²) in [4.78, 5) is 11.3. The number of hydrogen-bond acceptors (Lipinski definition) is 4. The van der Waals surface area contributed by atoms with E-state index in [9.17, 15) is 0 Å². The molecule has 1 aliphatic heterocycles. The first-order valence-corrected chi connectivity index (χ1v) is 8.13. The largest absolute Gasteiger partial charge is 0.356 e. The van der Waals surface area contributed by atoms with Crippen molar-refractivity contribution in [1.29, 1.82) is 0 Å². The van der Waals surface area contributed by atoms with Gasteiger partial charge in [-0.25, -0.2) is 4.98 Å². The zero-order valence-corrected chi connectivity index (χ0v) is 13.7. The molecule has 3 rings (SSSR count). The predicted octanol–water partition coefficient (Wildman–Crippen LogP) is 4.28. The van der Waals surface area contributed by atoms with Crippen molar-refractivity contribution in [3.05, 3.63) is 40.5 Å². The van der Waals surface area contributed by atoms with Crippen molar-refractivity contribution >= 4 is 33.4 Å². The van der Waals surface area contributed by atoms with Crippen molar-refractivity contribution in [2.24, 2.45) is 0 Å². The van der Waals surface area contributed by atoms with Crippen LogP contribution in [0, 0.1) is 6.92 Å². The van der Waals surface area contributed by atoms with Crippen LogP contribution in [0.3, 0.4) is 0 Å². The molecule has 0 spiro atoms. The topological polar surface area (TPSA) is 41.1 Å². The number of rotatable bonds is 3. The van der Waals surface area contributed by atoms with Gasteiger partial charge in [0.05, 0.1) is 0 Å². The van der Waals surface area contributed by atoms with Crippen LogP contribution in [0.2, 0.25) is 0 Å². The van der Waals surface area contributed by atoms with Crippen molar-refractivity contribution < 1.29 is 0 Å². The summed E-state index contributed by atoms with van der Waals surface area (Å²) in [5, 5.41) is 3.28. The quantitative estimate of drug-likeness (QED) is 0.900. The summed E-state index contributed by atoms with van der Waals surface area (Å²) in [5.41, 5.74) is 2.19. The summed E-state index contributed by atoms with van der Waals surface area (Å²) in [6.07, 6.45) is 5.65. The highest BCUT2D eigenvalue weighted by atomic mass is 79.9. The first-order chi connectivity index (χ1) is 10.2. The molecule has 0 amide bonds. The number of aromatic nitrogens is 2. The Balaban J connectivity index is 1.77. The Bertz CT molecular complexity index is 623. The van der Waals surface area contributed by atoms with Gasteiger partial charge in [-0.2, -0.15) is 4.98 Å². The molecule has 0 unspecified atom stereocenters. The second kappa shape index (κ2) is 6.43. The van der Waals surface area contributed by atoms with Gasteiger partial charge in [0.15, 0.2) is 0 Å². The van der Waals surface area contributed by atoms with Gasteiger partial charge in [-0.3, -0.25) is 0 Å². The minimum Gasteiger partial charge on any atom is -0.356 e. The molecule has 1 aromatic heterocycles. The van der Waals surface area contributed by atoms with E-state index in [4.69, 9.17) is 0 Å². The van der Waals surface area contributed by atoms with E-state index in [-0.39, 0.29) is 0 Å². The molecule has 4 nitrogen and oxygen atoms in total. The van der Waals surface area contributed by atoms with Gasteiger partial charge >= 0.3 is 0 Å².